The van der Waals surface area contributed by atoms with E-state index in [2.05, 4.69) is 10.6 Å². The summed E-state index contributed by atoms with van der Waals surface area (Å²) in [5.74, 6) is 0.654. The average molecular weight is 265 g/mol. The van der Waals surface area contributed by atoms with Gasteiger partial charge in [0.25, 0.3) is 5.69 Å². The van der Waals surface area contributed by atoms with Crippen LogP contribution in [0.4, 0.5) is 5.69 Å². The van der Waals surface area contributed by atoms with Crippen LogP contribution in [0.1, 0.15) is 24.9 Å². The van der Waals surface area contributed by atoms with E-state index in [1.165, 1.54) is 6.07 Å². The quantitative estimate of drug-likeness (QED) is 0.456. The average Bonchev–Trinajstić information content (AvgIpc) is 2.26. The van der Waals surface area contributed by atoms with Crippen LogP contribution in [0.2, 0.25) is 0 Å². The minimum atomic E-state index is -0.546. The molecule has 0 aliphatic carbocycles. The molecule has 0 saturated carbocycles. The number of hydrogen-bond acceptors (Lipinski definition) is 4. The van der Waals surface area contributed by atoms with Crippen LogP contribution in [0.25, 0.3) is 0 Å². The van der Waals surface area contributed by atoms with Crippen LogP contribution in [0.5, 0.6) is 5.75 Å². The molecule has 0 radical (unpaired) electrons. The van der Waals surface area contributed by atoms with Gasteiger partial charge in [-0.15, -0.1) is 0 Å². The topological polar surface area (TPSA) is 76.4 Å². The van der Waals surface area contributed by atoms with Gasteiger partial charge in [-0.25, -0.2) is 0 Å². The molecule has 18 heavy (non-hydrogen) atoms. The summed E-state index contributed by atoms with van der Waals surface area (Å²) < 4.78 is 5.83. The van der Waals surface area contributed by atoms with Gasteiger partial charge in [0.1, 0.15) is 5.75 Å². The fourth-order valence-corrected chi connectivity index (χ4v) is 2.80. The molecule has 1 saturated heterocycles. The summed E-state index contributed by atoms with van der Waals surface area (Å²) in [5, 5.41) is 17.5. The molecule has 1 aromatic carbocycles. The Morgan fingerprint density at radius 1 is 1.61 bits per heavy atom. The fourth-order valence-electron chi connectivity index (χ4n) is 2.44. The summed E-state index contributed by atoms with van der Waals surface area (Å²) in [6.07, 6.45) is 0.668. The molecular formula is C11H11N3O3S. The second kappa shape index (κ2) is 3.55. The Morgan fingerprint density at radius 2 is 2.39 bits per heavy atom. The smallest absolute Gasteiger partial charge is 0.270 e. The molecule has 2 heterocycles. The third kappa shape index (κ3) is 1.67. The predicted molar refractivity (Wildman–Crippen MR) is 68.4 cm³/mol. The van der Waals surface area contributed by atoms with Gasteiger partial charge >= 0.3 is 0 Å². The highest BCUT2D eigenvalue weighted by Crippen LogP contribution is 2.41. The molecule has 2 atom stereocenters. The highest BCUT2D eigenvalue weighted by molar-refractivity contribution is 7.80. The fraction of sp³-hybridized carbons (Fsp3) is 0.364. The Balaban J connectivity index is 2.08. The molecule has 2 unspecified atom stereocenters. The molecule has 2 N–H and O–H groups in total. The molecule has 2 aliphatic rings. The SMILES string of the molecule is CC12CC(NC(=S)N1)c1cc([N+](=O)[O-])ccc1O2. The number of ether oxygens (including phenoxy) is 1. The number of benzene rings is 1. The summed E-state index contributed by atoms with van der Waals surface area (Å²) in [6.45, 7) is 1.91. The Morgan fingerprint density at radius 3 is 3.11 bits per heavy atom. The van der Waals surface area contributed by atoms with Crippen molar-refractivity contribution < 1.29 is 9.66 Å². The van der Waals surface area contributed by atoms with E-state index in [0.717, 1.165) is 5.56 Å². The Bertz CT molecular complexity index is 562. The lowest BCUT2D eigenvalue weighted by Gasteiger charge is -2.45. The Hall–Kier alpha value is -1.89. The van der Waals surface area contributed by atoms with Crippen molar-refractivity contribution in [1.29, 1.82) is 0 Å². The number of nitro groups is 1. The highest BCUT2D eigenvalue weighted by atomic mass is 32.1. The van der Waals surface area contributed by atoms with E-state index >= 15 is 0 Å². The van der Waals surface area contributed by atoms with E-state index in [9.17, 15) is 10.1 Å². The molecule has 2 aliphatic heterocycles. The zero-order valence-electron chi connectivity index (χ0n) is 9.60. The first-order valence-corrected chi connectivity index (χ1v) is 5.94. The van der Waals surface area contributed by atoms with Crippen LogP contribution >= 0.6 is 12.2 Å². The van der Waals surface area contributed by atoms with Gasteiger partial charge in [-0.2, -0.15) is 0 Å². The second-order valence-corrected chi connectivity index (χ2v) is 5.08. The third-order valence-corrected chi connectivity index (χ3v) is 3.41. The van der Waals surface area contributed by atoms with Crippen molar-refractivity contribution in [3.63, 3.8) is 0 Å². The van der Waals surface area contributed by atoms with Gasteiger partial charge in [-0.1, -0.05) is 0 Å². The van der Waals surface area contributed by atoms with Crippen molar-refractivity contribution in [2.75, 3.05) is 0 Å². The summed E-state index contributed by atoms with van der Waals surface area (Å²) in [4.78, 5) is 10.4. The summed E-state index contributed by atoms with van der Waals surface area (Å²) in [5.41, 5.74) is 0.300. The summed E-state index contributed by atoms with van der Waals surface area (Å²) in [7, 11) is 0. The summed E-state index contributed by atoms with van der Waals surface area (Å²) in [6, 6.07) is 4.57. The maximum absolute atomic E-state index is 10.8. The standard InChI is InChI=1S/C11H11N3O3S/c1-11-5-8(12-10(18)13-11)7-4-6(14(15)16)2-3-9(7)17-11/h2-4,8H,5H2,1H3,(H2,12,13,18). The van der Waals surface area contributed by atoms with E-state index in [-0.39, 0.29) is 11.7 Å². The zero-order chi connectivity index (χ0) is 12.9. The maximum atomic E-state index is 10.8. The van der Waals surface area contributed by atoms with Crippen molar-refractivity contribution >= 4 is 23.0 Å². The van der Waals surface area contributed by atoms with E-state index < -0.39 is 10.6 Å². The molecule has 0 aromatic heterocycles. The minimum absolute atomic E-state index is 0.0487. The van der Waals surface area contributed by atoms with Crippen molar-refractivity contribution in [1.82, 2.24) is 10.6 Å². The van der Waals surface area contributed by atoms with Crippen LogP contribution in [0, 0.1) is 10.1 Å². The van der Waals surface area contributed by atoms with Crippen molar-refractivity contribution in [2.45, 2.75) is 25.1 Å². The normalized spacial score (nSPS) is 28.5. The molecule has 2 bridgehead atoms. The van der Waals surface area contributed by atoms with E-state index in [4.69, 9.17) is 17.0 Å². The molecule has 3 rings (SSSR count). The van der Waals surface area contributed by atoms with Crippen LogP contribution < -0.4 is 15.4 Å². The number of nitrogens with one attached hydrogen (secondary N) is 2. The van der Waals surface area contributed by atoms with Gasteiger partial charge in [-0.3, -0.25) is 10.1 Å². The maximum Gasteiger partial charge on any atom is 0.270 e. The number of fused-ring (bicyclic) bond motifs is 4. The lowest BCUT2D eigenvalue weighted by atomic mass is 9.91. The van der Waals surface area contributed by atoms with Gasteiger partial charge in [-0.05, 0) is 25.2 Å². The second-order valence-electron chi connectivity index (χ2n) is 4.67. The number of non-ortho nitro benzene ring substituents is 1. The Labute approximate surface area is 108 Å². The number of rotatable bonds is 1. The Kier molecular flexibility index (Phi) is 2.21. The van der Waals surface area contributed by atoms with E-state index in [0.29, 0.717) is 17.3 Å². The van der Waals surface area contributed by atoms with Gasteiger partial charge in [0.2, 0.25) is 0 Å². The number of thiocarbonyl (C=S) groups is 1. The molecule has 1 fully saturated rings. The third-order valence-electron chi connectivity index (χ3n) is 3.19. The van der Waals surface area contributed by atoms with Crippen molar-refractivity contribution in [2.24, 2.45) is 0 Å². The van der Waals surface area contributed by atoms with Gasteiger partial charge < -0.3 is 15.4 Å². The predicted octanol–water partition coefficient (Wildman–Crippen LogP) is 1.61. The number of nitro benzene ring substituents is 1. The lowest BCUT2D eigenvalue weighted by Crippen LogP contribution is -2.62. The van der Waals surface area contributed by atoms with Crippen LogP contribution in [0.3, 0.4) is 0 Å². The first-order chi connectivity index (χ1) is 8.47. The first-order valence-electron chi connectivity index (χ1n) is 5.53. The molecular weight excluding hydrogens is 254 g/mol. The van der Waals surface area contributed by atoms with Gasteiger partial charge in [0.15, 0.2) is 10.8 Å². The molecule has 0 spiro atoms. The first kappa shape index (κ1) is 11.2. The number of nitrogens with zero attached hydrogens (tertiary/aromatic N) is 1. The van der Waals surface area contributed by atoms with Gasteiger partial charge in [0.05, 0.1) is 11.0 Å². The number of hydrogen-bond donors (Lipinski definition) is 2. The lowest BCUT2D eigenvalue weighted by molar-refractivity contribution is -0.385. The van der Waals surface area contributed by atoms with Crippen molar-refractivity contribution in [3.8, 4) is 5.75 Å². The van der Waals surface area contributed by atoms with Crippen LogP contribution in [0.15, 0.2) is 18.2 Å². The van der Waals surface area contributed by atoms with Crippen LogP contribution in [-0.2, 0) is 0 Å². The zero-order valence-corrected chi connectivity index (χ0v) is 10.4. The molecule has 1 aromatic rings. The van der Waals surface area contributed by atoms with E-state index in [1.54, 1.807) is 12.1 Å². The molecule has 7 heteroatoms. The molecule has 0 amide bonds. The van der Waals surface area contributed by atoms with Crippen molar-refractivity contribution in [3.05, 3.63) is 33.9 Å². The summed E-state index contributed by atoms with van der Waals surface area (Å²) >= 11 is 5.11. The van der Waals surface area contributed by atoms with Crippen LogP contribution in [-0.4, -0.2) is 15.8 Å². The monoisotopic (exact) mass is 265 g/mol. The largest absolute Gasteiger partial charge is 0.468 e. The van der Waals surface area contributed by atoms with Gasteiger partial charge in [0, 0.05) is 24.1 Å². The highest BCUT2D eigenvalue weighted by Gasteiger charge is 2.42. The minimum Gasteiger partial charge on any atom is -0.468 e. The molecule has 6 nitrogen and oxygen atoms in total. The molecule has 94 valence electrons. The van der Waals surface area contributed by atoms with E-state index in [1.807, 2.05) is 6.92 Å².